The van der Waals surface area contributed by atoms with Crippen LogP contribution in [-0.4, -0.2) is 44.1 Å². The highest BCUT2D eigenvalue weighted by atomic mass is 16.1. The van der Waals surface area contributed by atoms with Gasteiger partial charge in [-0.05, 0) is 46.7 Å². The van der Waals surface area contributed by atoms with E-state index in [1.165, 1.54) is 19.2 Å². The standard InChI is InChI=1S/C13H22N4O/c1-4-17-12(14-10-15-17)9-11(18)13(2,3)16-7-5-6-8-16/h10H,4-9H2,1-3H3. The van der Waals surface area contributed by atoms with Gasteiger partial charge in [0, 0.05) is 6.54 Å². The number of aryl methyl sites for hydroxylation is 1. The fourth-order valence-corrected chi connectivity index (χ4v) is 2.50. The highest BCUT2D eigenvalue weighted by Gasteiger charge is 2.36. The van der Waals surface area contributed by atoms with Crippen LogP contribution in [0.3, 0.4) is 0 Å². The van der Waals surface area contributed by atoms with E-state index in [9.17, 15) is 4.79 Å². The average Bonchev–Trinajstić information content (AvgIpc) is 2.99. The largest absolute Gasteiger partial charge is 0.297 e. The summed E-state index contributed by atoms with van der Waals surface area (Å²) in [5.41, 5.74) is -0.388. The topological polar surface area (TPSA) is 51.0 Å². The zero-order valence-corrected chi connectivity index (χ0v) is 11.5. The molecule has 0 amide bonds. The van der Waals surface area contributed by atoms with Crippen LogP contribution in [0.25, 0.3) is 0 Å². The third-order valence-corrected chi connectivity index (χ3v) is 3.89. The molecule has 1 fully saturated rings. The summed E-state index contributed by atoms with van der Waals surface area (Å²) in [7, 11) is 0. The Morgan fingerprint density at radius 1 is 1.39 bits per heavy atom. The maximum atomic E-state index is 12.5. The van der Waals surface area contributed by atoms with Gasteiger partial charge < -0.3 is 0 Å². The highest BCUT2D eigenvalue weighted by molar-refractivity contribution is 5.88. The van der Waals surface area contributed by atoms with Crippen molar-refractivity contribution >= 4 is 5.78 Å². The lowest BCUT2D eigenvalue weighted by molar-refractivity contribution is -0.128. The summed E-state index contributed by atoms with van der Waals surface area (Å²) >= 11 is 0. The molecule has 5 nitrogen and oxygen atoms in total. The molecule has 0 bridgehead atoms. The van der Waals surface area contributed by atoms with Gasteiger partial charge in [-0.25, -0.2) is 9.67 Å². The zero-order chi connectivity index (χ0) is 13.2. The summed E-state index contributed by atoms with van der Waals surface area (Å²) in [4.78, 5) is 18.9. The summed E-state index contributed by atoms with van der Waals surface area (Å²) in [6.07, 6.45) is 4.29. The summed E-state index contributed by atoms with van der Waals surface area (Å²) in [6, 6.07) is 0. The molecule has 1 aromatic heterocycles. The number of hydrogen-bond acceptors (Lipinski definition) is 4. The Bertz CT molecular complexity index is 418. The molecule has 0 aliphatic carbocycles. The molecule has 0 saturated carbocycles. The number of Topliss-reactive ketones (excluding diaryl/α,β-unsaturated/α-hetero) is 1. The fraction of sp³-hybridized carbons (Fsp3) is 0.769. The van der Waals surface area contributed by atoms with Gasteiger partial charge in [-0.15, -0.1) is 0 Å². The second kappa shape index (κ2) is 5.18. The Balaban J connectivity index is 2.07. The fourth-order valence-electron chi connectivity index (χ4n) is 2.50. The van der Waals surface area contributed by atoms with Crippen molar-refractivity contribution in [3.63, 3.8) is 0 Å². The van der Waals surface area contributed by atoms with Gasteiger partial charge in [0.1, 0.15) is 12.2 Å². The Morgan fingerprint density at radius 2 is 2.06 bits per heavy atom. The van der Waals surface area contributed by atoms with Crippen molar-refractivity contribution in [1.29, 1.82) is 0 Å². The second-order valence-electron chi connectivity index (χ2n) is 5.35. The van der Waals surface area contributed by atoms with E-state index in [0.717, 1.165) is 25.5 Å². The molecule has 1 aliphatic rings. The van der Waals surface area contributed by atoms with Crippen molar-refractivity contribution in [1.82, 2.24) is 19.7 Å². The van der Waals surface area contributed by atoms with E-state index in [4.69, 9.17) is 0 Å². The number of rotatable bonds is 5. The van der Waals surface area contributed by atoms with Crippen LogP contribution in [0.15, 0.2) is 6.33 Å². The summed E-state index contributed by atoms with van der Waals surface area (Å²) in [5.74, 6) is 1.00. The van der Waals surface area contributed by atoms with Crippen molar-refractivity contribution in [2.45, 2.75) is 52.1 Å². The zero-order valence-electron chi connectivity index (χ0n) is 11.5. The Kier molecular flexibility index (Phi) is 3.80. The van der Waals surface area contributed by atoms with Crippen LogP contribution >= 0.6 is 0 Å². The van der Waals surface area contributed by atoms with Crippen LogP contribution in [-0.2, 0) is 17.8 Å². The predicted molar refractivity (Wildman–Crippen MR) is 69.3 cm³/mol. The second-order valence-corrected chi connectivity index (χ2v) is 5.35. The van der Waals surface area contributed by atoms with Crippen molar-refractivity contribution < 1.29 is 4.79 Å². The monoisotopic (exact) mass is 250 g/mol. The lowest BCUT2D eigenvalue weighted by atomic mass is 9.94. The molecule has 0 aromatic carbocycles. The van der Waals surface area contributed by atoms with E-state index in [1.54, 1.807) is 4.68 Å². The SMILES string of the molecule is CCn1ncnc1CC(=O)C(C)(C)N1CCCC1. The molecule has 2 rings (SSSR count). The first-order valence-electron chi connectivity index (χ1n) is 6.70. The van der Waals surface area contributed by atoms with Crippen LogP contribution in [0, 0.1) is 0 Å². The molecule has 0 atom stereocenters. The minimum absolute atomic E-state index is 0.229. The lowest BCUT2D eigenvalue weighted by Crippen LogP contribution is -2.49. The first-order valence-corrected chi connectivity index (χ1v) is 6.70. The van der Waals surface area contributed by atoms with E-state index >= 15 is 0 Å². The van der Waals surface area contributed by atoms with Crippen molar-refractivity contribution in [2.24, 2.45) is 0 Å². The third-order valence-electron chi connectivity index (χ3n) is 3.89. The van der Waals surface area contributed by atoms with Gasteiger partial charge in [0.05, 0.1) is 12.0 Å². The molecule has 0 radical (unpaired) electrons. The van der Waals surface area contributed by atoms with Gasteiger partial charge in [-0.3, -0.25) is 9.69 Å². The molecule has 0 N–H and O–H groups in total. The Labute approximate surface area is 108 Å². The third kappa shape index (κ3) is 2.46. The van der Waals surface area contributed by atoms with Crippen LogP contribution < -0.4 is 0 Å². The van der Waals surface area contributed by atoms with Crippen molar-refractivity contribution in [3.05, 3.63) is 12.2 Å². The molecule has 0 spiro atoms. The molecular formula is C13H22N4O. The molecule has 100 valence electrons. The minimum atomic E-state index is -0.388. The molecule has 5 heteroatoms. The van der Waals surface area contributed by atoms with Crippen molar-refractivity contribution in [2.75, 3.05) is 13.1 Å². The van der Waals surface area contributed by atoms with Gasteiger partial charge in [0.25, 0.3) is 0 Å². The quantitative estimate of drug-likeness (QED) is 0.790. The normalized spacial score (nSPS) is 17.3. The molecule has 1 aromatic rings. The first kappa shape index (κ1) is 13.2. The summed E-state index contributed by atoms with van der Waals surface area (Å²) < 4.78 is 1.79. The van der Waals surface area contributed by atoms with Crippen LogP contribution in [0.2, 0.25) is 0 Å². The minimum Gasteiger partial charge on any atom is -0.297 e. The van der Waals surface area contributed by atoms with Crippen LogP contribution in [0.1, 0.15) is 39.4 Å². The number of ketones is 1. The summed E-state index contributed by atoms with van der Waals surface area (Å²) in [5, 5.41) is 4.11. The molecule has 1 saturated heterocycles. The lowest BCUT2D eigenvalue weighted by Gasteiger charge is -2.33. The molecule has 18 heavy (non-hydrogen) atoms. The maximum Gasteiger partial charge on any atom is 0.160 e. The Hall–Kier alpha value is -1.23. The van der Waals surface area contributed by atoms with Gasteiger partial charge >= 0.3 is 0 Å². The number of carbonyl (C=O) groups is 1. The smallest absolute Gasteiger partial charge is 0.160 e. The number of nitrogens with zero attached hydrogens (tertiary/aromatic N) is 4. The van der Waals surface area contributed by atoms with Crippen LogP contribution in [0.5, 0.6) is 0 Å². The molecule has 0 unspecified atom stereocenters. The molecule has 2 heterocycles. The van der Waals surface area contributed by atoms with Gasteiger partial charge in [0.2, 0.25) is 0 Å². The molecule has 1 aliphatic heterocycles. The van der Waals surface area contributed by atoms with Gasteiger partial charge in [-0.2, -0.15) is 5.10 Å². The first-order chi connectivity index (χ1) is 8.55. The molecular weight excluding hydrogens is 228 g/mol. The predicted octanol–water partition coefficient (Wildman–Crippen LogP) is 1.28. The van der Waals surface area contributed by atoms with E-state index in [0.29, 0.717) is 6.42 Å². The highest BCUT2D eigenvalue weighted by Crippen LogP contribution is 2.23. The van der Waals surface area contributed by atoms with E-state index < -0.39 is 0 Å². The summed E-state index contributed by atoms with van der Waals surface area (Å²) in [6.45, 7) is 8.86. The maximum absolute atomic E-state index is 12.5. The number of hydrogen-bond donors (Lipinski definition) is 0. The van der Waals surface area contributed by atoms with Gasteiger partial charge in [-0.1, -0.05) is 0 Å². The van der Waals surface area contributed by atoms with Gasteiger partial charge in [0.15, 0.2) is 5.78 Å². The Morgan fingerprint density at radius 3 is 2.67 bits per heavy atom. The van der Waals surface area contributed by atoms with Crippen molar-refractivity contribution in [3.8, 4) is 0 Å². The number of aromatic nitrogens is 3. The van der Waals surface area contributed by atoms with E-state index in [-0.39, 0.29) is 11.3 Å². The van der Waals surface area contributed by atoms with E-state index in [2.05, 4.69) is 15.0 Å². The number of carbonyl (C=O) groups excluding carboxylic acids is 1. The van der Waals surface area contributed by atoms with E-state index in [1.807, 2.05) is 20.8 Å². The number of likely N-dealkylation sites (tertiary alicyclic amines) is 1. The average molecular weight is 250 g/mol. The van der Waals surface area contributed by atoms with Crippen LogP contribution in [0.4, 0.5) is 0 Å².